The Morgan fingerprint density at radius 3 is 2.17 bits per heavy atom. The Bertz CT molecular complexity index is 1240. The number of amides is 2. The summed E-state index contributed by atoms with van der Waals surface area (Å²) in [4.78, 5) is 26.9. The summed E-state index contributed by atoms with van der Waals surface area (Å²) < 4.78 is 1.57. The molecule has 1 N–H and O–H groups in total. The van der Waals surface area contributed by atoms with Crippen LogP contribution in [0.15, 0.2) is 90.1 Å². The molecule has 4 aromatic rings. The highest BCUT2D eigenvalue weighted by Gasteiger charge is 2.25. The van der Waals surface area contributed by atoms with E-state index >= 15 is 0 Å². The van der Waals surface area contributed by atoms with Crippen LogP contribution in [0, 0.1) is 0 Å². The molecule has 1 atom stereocenters. The average Bonchev–Trinajstić information content (AvgIpc) is 3.32. The molecular weight excluding hydrogens is 460 g/mol. The van der Waals surface area contributed by atoms with Gasteiger partial charge in [0.1, 0.15) is 0 Å². The van der Waals surface area contributed by atoms with Gasteiger partial charge < -0.3 is 10.2 Å². The van der Waals surface area contributed by atoms with Crippen molar-refractivity contribution in [3.63, 3.8) is 0 Å². The molecule has 0 aliphatic heterocycles. The van der Waals surface area contributed by atoms with E-state index in [2.05, 4.69) is 20.8 Å². The smallest absolute Gasteiger partial charge is 0.236 e. The summed E-state index contributed by atoms with van der Waals surface area (Å²) in [7, 11) is 0. The van der Waals surface area contributed by atoms with Crippen LogP contribution >= 0.6 is 11.8 Å². The topological polar surface area (TPSA) is 93.0 Å². The maximum Gasteiger partial charge on any atom is 0.236 e. The Hall–Kier alpha value is -3.98. The van der Waals surface area contributed by atoms with Gasteiger partial charge in [-0.3, -0.25) is 9.59 Å². The van der Waals surface area contributed by atoms with Gasteiger partial charge in [-0.25, -0.2) is 0 Å². The molecule has 1 unspecified atom stereocenters. The first-order chi connectivity index (χ1) is 17.0. The number of nitrogens with zero attached hydrogens (tertiary/aromatic N) is 5. The van der Waals surface area contributed by atoms with E-state index in [0.717, 1.165) is 11.1 Å². The summed E-state index contributed by atoms with van der Waals surface area (Å²) in [5, 5.41) is 14.9. The number of tetrazole rings is 1. The summed E-state index contributed by atoms with van der Waals surface area (Å²) in [6.45, 7) is 4.32. The molecule has 3 aromatic carbocycles. The van der Waals surface area contributed by atoms with E-state index < -0.39 is 5.25 Å². The molecule has 8 nitrogen and oxygen atoms in total. The number of aromatic nitrogens is 4. The van der Waals surface area contributed by atoms with Gasteiger partial charge >= 0.3 is 0 Å². The molecule has 1 aromatic heterocycles. The Morgan fingerprint density at radius 2 is 1.57 bits per heavy atom. The summed E-state index contributed by atoms with van der Waals surface area (Å²) in [5.74, 6) is -0.172. The normalized spacial score (nSPS) is 11.6. The van der Waals surface area contributed by atoms with Crippen molar-refractivity contribution >= 4 is 29.3 Å². The summed E-state index contributed by atoms with van der Waals surface area (Å²) >= 11 is 1.30. The molecule has 4 rings (SSSR count). The number of rotatable bonds is 9. The number of thioether (sulfide) groups is 1. The van der Waals surface area contributed by atoms with Gasteiger partial charge in [0.05, 0.1) is 10.9 Å². The number of benzene rings is 3. The second-order valence-corrected chi connectivity index (χ2v) is 9.34. The van der Waals surface area contributed by atoms with E-state index in [4.69, 9.17) is 0 Å². The van der Waals surface area contributed by atoms with Gasteiger partial charge in [0.2, 0.25) is 17.0 Å². The first-order valence-electron chi connectivity index (χ1n) is 11.2. The van der Waals surface area contributed by atoms with Crippen molar-refractivity contribution in [3.8, 4) is 5.69 Å². The predicted octanol–water partition coefficient (Wildman–Crippen LogP) is 4.33. The minimum Gasteiger partial charge on any atom is -0.333 e. The van der Waals surface area contributed by atoms with Crippen LogP contribution in [-0.4, -0.2) is 42.2 Å². The van der Waals surface area contributed by atoms with Crippen LogP contribution in [0.4, 0.5) is 5.69 Å². The van der Waals surface area contributed by atoms with Crippen LogP contribution in [0.3, 0.4) is 0 Å². The molecule has 0 fully saturated rings. The first kappa shape index (κ1) is 24.2. The van der Waals surface area contributed by atoms with Crippen molar-refractivity contribution in [1.29, 1.82) is 0 Å². The van der Waals surface area contributed by atoms with Crippen LogP contribution in [0.1, 0.15) is 25.0 Å². The lowest BCUT2D eigenvalue weighted by atomic mass is 10.1. The fraction of sp³-hybridized carbons (Fsp3) is 0.192. The Labute approximate surface area is 208 Å². The minimum atomic E-state index is -0.425. The van der Waals surface area contributed by atoms with Crippen LogP contribution in [0.5, 0.6) is 0 Å². The predicted molar refractivity (Wildman–Crippen MR) is 136 cm³/mol. The highest BCUT2D eigenvalue weighted by Crippen LogP contribution is 2.26. The second-order valence-electron chi connectivity index (χ2n) is 8.03. The molecule has 0 radical (unpaired) electrons. The fourth-order valence-corrected chi connectivity index (χ4v) is 4.51. The summed E-state index contributed by atoms with van der Waals surface area (Å²) in [5.41, 5.74) is 3.46. The number of hydrogen-bond acceptors (Lipinski definition) is 6. The average molecular weight is 487 g/mol. The molecule has 35 heavy (non-hydrogen) atoms. The molecule has 0 bridgehead atoms. The molecule has 0 aliphatic carbocycles. The van der Waals surface area contributed by atoms with Crippen LogP contribution < -0.4 is 5.32 Å². The maximum absolute atomic E-state index is 13.6. The highest BCUT2D eigenvalue weighted by molar-refractivity contribution is 8.00. The zero-order chi connectivity index (χ0) is 24.6. The monoisotopic (exact) mass is 486 g/mol. The standard InChI is InChI=1S/C26H26N6O2S/c1-19(35-26-28-29-30-32(26)24-15-9-14-23(16-24)27-20(2)33)25(34)31(17-21-10-5-3-6-11-21)18-22-12-7-4-8-13-22/h3-16,19H,17-18H2,1-2H3,(H,27,33). The Kier molecular flexibility index (Phi) is 7.89. The number of carbonyl (C=O) groups excluding carboxylic acids is 2. The van der Waals surface area contributed by atoms with Crippen molar-refractivity contribution in [2.75, 3.05) is 5.32 Å². The Balaban J connectivity index is 1.53. The van der Waals surface area contributed by atoms with Gasteiger partial charge in [-0.05, 0) is 46.7 Å². The van der Waals surface area contributed by atoms with Gasteiger partial charge in [0.15, 0.2) is 0 Å². The highest BCUT2D eigenvalue weighted by atomic mass is 32.2. The van der Waals surface area contributed by atoms with Crippen LogP contribution in [0.25, 0.3) is 5.69 Å². The molecule has 0 saturated heterocycles. The number of hydrogen-bond donors (Lipinski definition) is 1. The van der Waals surface area contributed by atoms with Crippen molar-refractivity contribution in [3.05, 3.63) is 96.1 Å². The second kappa shape index (κ2) is 11.4. The zero-order valence-corrected chi connectivity index (χ0v) is 20.4. The number of anilines is 1. The molecule has 2 amide bonds. The molecular formula is C26H26N6O2S. The molecule has 0 saturated carbocycles. The van der Waals surface area contributed by atoms with Crippen molar-refractivity contribution in [1.82, 2.24) is 25.1 Å². The molecule has 0 aliphatic rings. The largest absolute Gasteiger partial charge is 0.333 e. The van der Waals surface area contributed by atoms with Crippen molar-refractivity contribution < 1.29 is 9.59 Å². The maximum atomic E-state index is 13.6. The Morgan fingerprint density at radius 1 is 0.943 bits per heavy atom. The third-order valence-electron chi connectivity index (χ3n) is 5.23. The molecule has 0 spiro atoms. The number of carbonyl (C=O) groups is 2. The van der Waals surface area contributed by atoms with Gasteiger partial charge in [-0.1, -0.05) is 78.5 Å². The quantitative estimate of drug-likeness (QED) is 0.354. The summed E-state index contributed by atoms with van der Waals surface area (Å²) in [6, 6.07) is 27.1. The van der Waals surface area contributed by atoms with Gasteiger partial charge in [-0.2, -0.15) is 4.68 Å². The third-order valence-corrected chi connectivity index (χ3v) is 6.25. The van der Waals surface area contributed by atoms with Crippen LogP contribution in [0.2, 0.25) is 0 Å². The third kappa shape index (κ3) is 6.54. The minimum absolute atomic E-state index is 0.00995. The van der Waals surface area contributed by atoms with E-state index in [-0.39, 0.29) is 11.8 Å². The molecule has 178 valence electrons. The molecule has 1 heterocycles. The van der Waals surface area contributed by atoms with Gasteiger partial charge in [-0.15, -0.1) is 5.10 Å². The van der Waals surface area contributed by atoms with E-state index in [9.17, 15) is 9.59 Å². The van der Waals surface area contributed by atoms with Crippen molar-refractivity contribution in [2.24, 2.45) is 0 Å². The van der Waals surface area contributed by atoms with Crippen molar-refractivity contribution in [2.45, 2.75) is 37.3 Å². The van der Waals surface area contributed by atoms with E-state index in [1.54, 1.807) is 16.8 Å². The lowest BCUT2D eigenvalue weighted by Gasteiger charge is -2.26. The summed E-state index contributed by atoms with van der Waals surface area (Å²) in [6.07, 6.45) is 0. The van der Waals surface area contributed by atoms with E-state index in [0.29, 0.717) is 29.6 Å². The lowest BCUT2D eigenvalue weighted by molar-refractivity contribution is -0.131. The van der Waals surface area contributed by atoms with Gasteiger partial charge in [0.25, 0.3) is 0 Å². The van der Waals surface area contributed by atoms with E-state index in [1.807, 2.05) is 84.6 Å². The van der Waals surface area contributed by atoms with Gasteiger partial charge in [0, 0.05) is 25.7 Å². The van der Waals surface area contributed by atoms with Crippen LogP contribution in [-0.2, 0) is 22.7 Å². The fourth-order valence-electron chi connectivity index (χ4n) is 3.62. The number of nitrogens with one attached hydrogen (secondary N) is 1. The lowest BCUT2D eigenvalue weighted by Crippen LogP contribution is -2.35. The zero-order valence-electron chi connectivity index (χ0n) is 19.5. The van der Waals surface area contributed by atoms with E-state index in [1.165, 1.54) is 18.7 Å². The molecule has 9 heteroatoms. The SMILES string of the molecule is CC(=O)Nc1cccc(-n2nnnc2SC(C)C(=O)N(Cc2ccccc2)Cc2ccccc2)c1. The first-order valence-corrected chi connectivity index (χ1v) is 12.1.